The van der Waals surface area contributed by atoms with E-state index in [0.29, 0.717) is 18.4 Å². The van der Waals surface area contributed by atoms with Crippen LogP contribution >= 0.6 is 0 Å². The molecule has 21 heavy (non-hydrogen) atoms. The minimum absolute atomic E-state index is 0.0753. The zero-order chi connectivity index (χ0) is 15.2. The fourth-order valence-electron chi connectivity index (χ4n) is 1.64. The molecule has 0 aliphatic rings. The summed E-state index contributed by atoms with van der Waals surface area (Å²) >= 11 is 0. The number of nitrogens with two attached hydrogens (primary N) is 1. The molecule has 3 N–H and O–H groups in total. The van der Waals surface area contributed by atoms with Crippen LogP contribution in [-0.4, -0.2) is 50.8 Å². The molecule has 1 amide bonds. The van der Waals surface area contributed by atoms with Gasteiger partial charge in [0.1, 0.15) is 0 Å². The number of hydrogen-bond acceptors (Lipinski definition) is 7. The fourth-order valence-corrected chi connectivity index (χ4v) is 1.64. The van der Waals surface area contributed by atoms with E-state index in [1.165, 1.54) is 4.68 Å². The third-order valence-electron chi connectivity index (χ3n) is 2.63. The lowest BCUT2D eigenvalue weighted by Gasteiger charge is -2.17. The maximum absolute atomic E-state index is 11.7. The van der Waals surface area contributed by atoms with Gasteiger partial charge in [-0.15, -0.1) is 0 Å². The Morgan fingerprint density at radius 2 is 2.24 bits per heavy atom. The van der Waals surface area contributed by atoms with Crippen molar-refractivity contribution < 1.29 is 4.79 Å². The van der Waals surface area contributed by atoms with E-state index in [-0.39, 0.29) is 18.4 Å². The first kappa shape index (κ1) is 14.7. The monoisotopic (exact) mass is 290 g/mol. The quantitative estimate of drug-likeness (QED) is 0.744. The summed E-state index contributed by atoms with van der Waals surface area (Å²) in [6.07, 6.45) is 4.20. The molecule has 0 saturated carbocycles. The van der Waals surface area contributed by atoms with Crippen molar-refractivity contribution >= 4 is 17.8 Å². The van der Waals surface area contributed by atoms with Crippen LogP contribution in [0.15, 0.2) is 18.5 Å². The van der Waals surface area contributed by atoms with E-state index in [2.05, 4.69) is 25.4 Å². The predicted molar refractivity (Wildman–Crippen MR) is 77.9 cm³/mol. The number of nitrogen functional groups attached to an aromatic ring is 1. The van der Waals surface area contributed by atoms with Crippen molar-refractivity contribution in [1.29, 1.82) is 0 Å². The molecule has 0 spiro atoms. The lowest BCUT2D eigenvalue weighted by Crippen LogP contribution is -2.36. The van der Waals surface area contributed by atoms with Crippen molar-refractivity contribution in [3.8, 4) is 5.95 Å². The molecular formula is C12H18N8O. The smallest absolute Gasteiger partial charge is 0.257 e. The van der Waals surface area contributed by atoms with E-state index in [4.69, 9.17) is 5.73 Å². The summed E-state index contributed by atoms with van der Waals surface area (Å²) in [5, 5.41) is 6.83. The van der Waals surface area contributed by atoms with E-state index in [1.54, 1.807) is 30.4 Å². The second-order valence-corrected chi connectivity index (χ2v) is 4.45. The first-order valence-electron chi connectivity index (χ1n) is 6.59. The number of carbonyl (C=O) groups excluding carboxylic acids is 1. The van der Waals surface area contributed by atoms with Gasteiger partial charge in [0.25, 0.3) is 5.95 Å². The van der Waals surface area contributed by atoms with Gasteiger partial charge in [-0.3, -0.25) is 4.79 Å². The fraction of sp³-hybridized carbons (Fsp3) is 0.417. The van der Waals surface area contributed by atoms with Crippen molar-refractivity contribution in [1.82, 2.24) is 30.0 Å². The molecule has 0 aliphatic heterocycles. The van der Waals surface area contributed by atoms with Gasteiger partial charge in [-0.1, -0.05) is 6.92 Å². The summed E-state index contributed by atoms with van der Waals surface area (Å²) in [6.45, 7) is 2.78. The van der Waals surface area contributed by atoms with E-state index in [1.807, 2.05) is 6.92 Å². The average molecular weight is 290 g/mol. The summed E-state index contributed by atoms with van der Waals surface area (Å²) in [5.41, 5.74) is 5.68. The molecule has 2 rings (SSSR count). The van der Waals surface area contributed by atoms with Gasteiger partial charge in [-0.25, -0.2) is 4.68 Å². The van der Waals surface area contributed by atoms with Gasteiger partial charge < -0.3 is 16.0 Å². The number of aromatic nitrogens is 5. The number of amides is 1. The minimum atomic E-state index is -0.0982. The minimum Gasteiger partial charge on any atom is -0.368 e. The SMILES string of the molecule is CCCNC(=O)CN(C)c1nc(N)nc(-n2cccn2)n1. The van der Waals surface area contributed by atoms with Crippen LogP contribution in [0.2, 0.25) is 0 Å². The third kappa shape index (κ3) is 3.88. The molecule has 2 aromatic rings. The number of nitrogens with zero attached hydrogens (tertiary/aromatic N) is 6. The molecular weight excluding hydrogens is 272 g/mol. The number of hydrogen-bond donors (Lipinski definition) is 2. The van der Waals surface area contributed by atoms with Crippen molar-refractivity contribution in [3.63, 3.8) is 0 Å². The van der Waals surface area contributed by atoms with Gasteiger partial charge in [0.15, 0.2) is 0 Å². The number of anilines is 2. The van der Waals surface area contributed by atoms with Crippen LogP contribution in [0.25, 0.3) is 5.95 Å². The Balaban J connectivity index is 2.14. The highest BCUT2D eigenvalue weighted by molar-refractivity contribution is 5.80. The van der Waals surface area contributed by atoms with Crippen LogP contribution in [0.1, 0.15) is 13.3 Å². The second-order valence-electron chi connectivity index (χ2n) is 4.45. The van der Waals surface area contributed by atoms with Crippen LogP contribution < -0.4 is 16.0 Å². The molecule has 0 radical (unpaired) electrons. The Labute approximate surface area is 122 Å². The Kier molecular flexibility index (Phi) is 4.64. The van der Waals surface area contributed by atoms with Crippen LogP contribution in [0, 0.1) is 0 Å². The zero-order valence-electron chi connectivity index (χ0n) is 12.0. The van der Waals surface area contributed by atoms with Gasteiger partial charge in [-0.2, -0.15) is 20.1 Å². The maximum atomic E-state index is 11.7. The van der Waals surface area contributed by atoms with Crippen LogP contribution in [0.5, 0.6) is 0 Å². The molecule has 0 fully saturated rings. The van der Waals surface area contributed by atoms with Gasteiger partial charge in [0, 0.05) is 26.0 Å². The molecule has 2 heterocycles. The second kappa shape index (κ2) is 6.64. The number of nitrogens with one attached hydrogen (secondary N) is 1. The summed E-state index contributed by atoms with van der Waals surface area (Å²) < 4.78 is 1.48. The molecule has 0 bridgehead atoms. The number of rotatable bonds is 6. The summed E-state index contributed by atoms with van der Waals surface area (Å²) in [5.74, 6) is 0.605. The summed E-state index contributed by atoms with van der Waals surface area (Å²) in [4.78, 5) is 25.6. The van der Waals surface area contributed by atoms with Gasteiger partial charge in [-0.05, 0) is 12.5 Å². The first-order chi connectivity index (χ1) is 10.1. The molecule has 2 aromatic heterocycles. The highest BCUT2D eigenvalue weighted by atomic mass is 16.2. The Morgan fingerprint density at radius 3 is 2.90 bits per heavy atom. The van der Waals surface area contributed by atoms with Crippen molar-refractivity contribution in [2.75, 3.05) is 30.8 Å². The topological polar surface area (TPSA) is 115 Å². The summed E-state index contributed by atoms with van der Waals surface area (Å²) in [7, 11) is 1.72. The zero-order valence-corrected chi connectivity index (χ0v) is 12.0. The maximum Gasteiger partial charge on any atom is 0.257 e. The van der Waals surface area contributed by atoms with Gasteiger partial charge in [0.05, 0.1) is 6.54 Å². The molecule has 112 valence electrons. The number of likely N-dealkylation sites (N-methyl/N-ethyl adjacent to an activating group) is 1. The highest BCUT2D eigenvalue weighted by Gasteiger charge is 2.13. The standard InChI is InChI=1S/C12H18N8O/c1-3-5-14-9(21)8-19(2)11-16-10(13)17-12(18-11)20-7-4-6-15-20/h4,6-7H,3,5,8H2,1-2H3,(H,14,21)(H2,13,16,17,18). The van der Waals surface area contributed by atoms with E-state index < -0.39 is 0 Å². The normalized spacial score (nSPS) is 10.4. The highest BCUT2D eigenvalue weighted by Crippen LogP contribution is 2.09. The van der Waals surface area contributed by atoms with E-state index >= 15 is 0 Å². The van der Waals surface area contributed by atoms with Crippen molar-refractivity contribution in [3.05, 3.63) is 18.5 Å². The molecule has 0 aromatic carbocycles. The van der Waals surface area contributed by atoms with Crippen molar-refractivity contribution in [2.45, 2.75) is 13.3 Å². The Bertz CT molecular complexity index is 597. The Hall–Kier alpha value is -2.71. The average Bonchev–Trinajstić information content (AvgIpc) is 2.98. The summed E-state index contributed by atoms with van der Waals surface area (Å²) in [6, 6.07) is 1.75. The van der Waals surface area contributed by atoms with Gasteiger partial charge in [0.2, 0.25) is 17.8 Å². The molecule has 0 aliphatic carbocycles. The lowest BCUT2D eigenvalue weighted by molar-refractivity contribution is -0.119. The third-order valence-corrected chi connectivity index (χ3v) is 2.63. The number of carbonyl (C=O) groups is 1. The molecule has 9 nitrogen and oxygen atoms in total. The van der Waals surface area contributed by atoms with E-state index in [0.717, 1.165) is 6.42 Å². The predicted octanol–water partition coefficient (Wildman–Crippen LogP) is -0.398. The molecule has 0 unspecified atom stereocenters. The van der Waals surface area contributed by atoms with Crippen LogP contribution in [0.3, 0.4) is 0 Å². The largest absolute Gasteiger partial charge is 0.368 e. The Morgan fingerprint density at radius 1 is 1.43 bits per heavy atom. The molecule has 0 atom stereocenters. The molecule has 0 saturated heterocycles. The van der Waals surface area contributed by atoms with Crippen LogP contribution in [-0.2, 0) is 4.79 Å². The van der Waals surface area contributed by atoms with Crippen molar-refractivity contribution in [2.24, 2.45) is 0 Å². The van der Waals surface area contributed by atoms with Crippen LogP contribution in [0.4, 0.5) is 11.9 Å². The van der Waals surface area contributed by atoms with Gasteiger partial charge >= 0.3 is 0 Å². The van der Waals surface area contributed by atoms with E-state index in [9.17, 15) is 4.79 Å². The first-order valence-corrected chi connectivity index (χ1v) is 6.59. The lowest BCUT2D eigenvalue weighted by atomic mass is 10.4. The molecule has 9 heteroatoms.